The summed E-state index contributed by atoms with van der Waals surface area (Å²) in [6.45, 7) is 3.72. The van der Waals surface area contributed by atoms with Gasteiger partial charge in [-0.3, -0.25) is 0 Å². The molecule has 1 N–H and O–H groups in total. The van der Waals surface area contributed by atoms with Gasteiger partial charge in [0.2, 0.25) is 0 Å². The standard InChI is InChI=1S/C7H12O3/c1-3-5-6(8)7(9)10-4-2/h3,5-6,8H,4H2,1-2H3/b5-3+/t6-/m0/s1. The third kappa shape index (κ3) is 3.25. The number of hydrogen-bond donors (Lipinski definition) is 1. The molecule has 0 unspecified atom stereocenters. The van der Waals surface area contributed by atoms with E-state index in [1.807, 2.05) is 0 Å². The highest BCUT2D eigenvalue weighted by Gasteiger charge is 2.10. The fourth-order valence-electron chi connectivity index (χ4n) is 0.488. The molecule has 3 nitrogen and oxygen atoms in total. The Hall–Kier alpha value is -0.830. The second-order valence-corrected chi connectivity index (χ2v) is 1.72. The first-order valence-corrected chi connectivity index (χ1v) is 3.19. The summed E-state index contributed by atoms with van der Waals surface area (Å²) in [6.07, 6.45) is 1.87. The van der Waals surface area contributed by atoms with Crippen molar-refractivity contribution >= 4 is 5.97 Å². The van der Waals surface area contributed by atoms with Crippen LogP contribution in [0.15, 0.2) is 12.2 Å². The minimum Gasteiger partial charge on any atom is -0.464 e. The van der Waals surface area contributed by atoms with Crippen molar-refractivity contribution in [2.45, 2.75) is 20.0 Å². The summed E-state index contributed by atoms with van der Waals surface area (Å²) in [7, 11) is 0. The second-order valence-electron chi connectivity index (χ2n) is 1.72. The Morgan fingerprint density at radius 3 is 2.80 bits per heavy atom. The van der Waals surface area contributed by atoms with Crippen LogP contribution in [-0.4, -0.2) is 23.8 Å². The lowest BCUT2D eigenvalue weighted by molar-refractivity contribution is -0.150. The zero-order valence-electron chi connectivity index (χ0n) is 6.20. The van der Waals surface area contributed by atoms with Gasteiger partial charge in [-0.05, 0) is 19.9 Å². The molecule has 0 aliphatic rings. The summed E-state index contributed by atoms with van der Waals surface area (Å²) in [5, 5.41) is 8.89. The number of aliphatic hydroxyl groups excluding tert-OH is 1. The van der Waals surface area contributed by atoms with E-state index >= 15 is 0 Å². The lowest BCUT2D eigenvalue weighted by Crippen LogP contribution is -2.20. The molecule has 0 saturated heterocycles. The average Bonchev–Trinajstić information content (AvgIpc) is 1.89. The third-order valence-corrected chi connectivity index (χ3v) is 0.903. The van der Waals surface area contributed by atoms with Gasteiger partial charge in [0.1, 0.15) is 0 Å². The summed E-state index contributed by atoms with van der Waals surface area (Å²) in [4.78, 5) is 10.6. The molecule has 0 aliphatic heterocycles. The monoisotopic (exact) mass is 144 g/mol. The summed E-state index contributed by atoms with van der Waals surface area (Å²) in [5.41, 5.74) is 0. The van der Waals surface area contributed by atoms with E-state index in [1.54, 1.807) is 19.9 Å². The zero-order valence-corrected chi connectivity index (χ0v) is 6.20. The van der Waals surface area contributed by atoms with E-state index < -0.39 is 12.1 Å². The number of esters is 1. The Morgan fingerprint density at radius 2 is 2.40 bits per heavy atom. The van der Waals surface area contributed by atoms with Crippen LogP contribution in [0, 0.1) is 0 Å². The minimum absolute atomic E-state index is 0.299. The van der Waals surface area contributed by atoms with Gasteiger partial charge < -0.3 is 9.84 Å². The highest BCUT2D eigenvalue weighted by Crippen LogP contribution is 1.89. The number of allylic oxidation sites excluding steroid dienone is 1. The maximum atomic E-state index is 10.6. The molecule has 0 aliphatic carbocycles. The minimum atomic E-state index is -1.11. The van der Waals surface area contributed by atoms with Crippen LogP contribution in [0.3, 0.4) is 0 Å². The number of carbonyl (C=O) groups is 1. The maximum absolute atomic E-state index is 10.6. The van der Waals surface area contributed by atoms with Crippen LogP contribution in [0.25, 0.3) is 0 Å². The molecule has 0 fully saturated rings. The lowest BCUT2D eigenvalue weighted by Gasteiger charge is -2.03. The van der Waals surface area contributed by atoms with Gasteiger partial charge in [-0.15, -0.1) is 0 Å². The molecule has 0 radical (unpaired) electrons. The molecule has 3 heteroatoms. The Bertz CT molecular complexity index is 129. The van der Waals surface area contributed by atoms with Crippen molar-refractivity contribution in [2.75, 3.05) is 6.61 Å². The van der Waals surface area contributed by atoms with E-state index in [2.05, 4.69) is 4.74 Å². The Balaban J connectivity index is 3.70. The van der Waals surface area contributed by atoms with Gasteiger partial charge in [0.25, 0.3) is 0 Å². The topological polar surface area (TPSA) is 46.5 Å². The van der Waals surface area contributed by atoms with E-state index in [0.717, 1.165) is 0 Å². The Kier molecular flexibility index (Phi) is 4.58. The van der Waals surface area contributed by atoms with E-state index in [9.17, 15) is 4.79 Å². The Morgan fingerprint density at radius 1 is 1.80 bits per heavy atom. The van der Waals surface area contributed by atoms with Crippen LogP contribution < -0.4 is 0 Å². The van der Waals surface area contributed by atoms with Gasteiger partial charge in [-0.25, -0.2) is 4.79 Å². The smallest absolute Gasteiger partial charge is 0.338 e. The Labute approximate surface area is 60.3 Å². The first kappa shape index (κ1) is 9.17. The highest BCUT2D eigenvalue weighted by molar-refractivity contribution is 5.76. The molecule has 10 heavy (non-hydrogen) atoms. The van der Waals surface area contributed by atoms with Crippen molar-refractivity contribution in [1.29, 1.82) is 0 Å². The van der Waals surface area contributed by atoms with E-state index in [0.29, 0.717) is 6.61 Å². The second kappa shape index (κ2) is 4.99. The fraction of sp³-hybridized carbons (Fsp3) is 0.571. The van der Waals surface area contributed by atoms with E-state index in [4.69, 9.17) is 5.11 Å². The molecular weight excluding hydrogens is 132 g/mol. The largest absolute Gasteiger partial charge is 0.464 e. The van der Waals surface area contributed by atoms with Crippen molar-refractivity contribution in [1.82, 2.24) is 0 Å². The number of rotatable bonds is 3. The van der Waals surface area contributed by atoms with E-state index in [-0.39, 0.29) is 0 Å². The van der Waals surface area contributed by atoms with Gasteiger partial charge in [0, 0.05) is 0 Å². The van der Waals surface area contributed by atoms with Crippen LogP contribution in [-0.2, 0) is 9.53 Å². The summed E-state index contributed by atoms with van der Waals surface area (Å²) in [6, 6.07) is 0. The number of aliphatic hydroxyl groups is 1. The SMILES string of the molecule is C/C=C/[C@H](O)C(=O)OCC. The van der Waals surface area contributed by atoms with Crippen LogP contribution >= 0.6 is 0 Å². The molecule has 0 aromatic heterocycles. The normalized spacial score (nSPS) is 13.5. The van der Waals surface area contributed by atoms with Gasteiger partial charge in [-0.2, -0.15) is 0 Å². The molecular formula is C7H12O3. The van der Waals surface area contributed by atoms with E-state index in [1.165, 1.54) is 6.08 Å². The molecule has 0 saturated carbocycles. The van der Waals surface area contributed by atoms with Gasteiger partial charge in [0.15, 0.2) is 6.10 Å². The van der Waals surface area contributed by atoms with Crippen molar-refractivity contribution in [2.24, 2.45) is 0 Å². The van der Waals surface area contributed by atoms with Gasteiger partial charge in [-0.1, -0.05) is 6.08 Å². The van der Waals surface area contributed by atoms with Crippen molar-refractivity contribution in [3.8, 4) is 0 Å². The van der Waals surface area contributed by atoms with Gasteiger partial charge in [0.05, 0.1) is 6.61 Å². The van der Waals surface area contributed by atoms with Gasteiger partial charge >= 0.3 is 5.97 Å². The number of ether oxygens (including phenoxy) is 1. The fourth-order valence-corrected chi connectivity index (χ4v) is 0.488. The average molecular weight is 144 g/mol. The molecule has 58 valence electrons. The van der Waals surface area contributed by atoms with Crippen LogP contribution in [0.2, 0.25) is 0 Å². The zero-order chi connectivity index (χ0) is 7.98. The highest BCUT2D eigenvalue weighted by atomic mass is 16.5. The molecule has 0 aromatic rings. The van der Waals surface area contributed by atoms with Crippen LogP contribution in [0.1, 0.15) is 13.8 Å². The predicted molar refractivity (Wildman–Crippen MR) is 37.5 cm³/mol. The first-order chi connectivity index (χ1) is 4.72. The molecule has 0 aromatic carbocycles. The molecule has 0 amide bonds. The third-order valence-electron chi connectivity index (χ3n) is 0.903. The van der Waals surface area contributed by atoms with Crippen molar-refractivity contribution in [3.63, 3.8) is 0 Å². The molecule has 0 heterocycles. The molecule has 0 spiro atoms. The van der Waals surface area contributed by atoms with Crippen molar-refractivity contribution < 1.29 is 14.6 Å². The first-order valence-electron chi connectivity index (χ1n) is 3.19. The molecule has 1 atom stereocenters. The quantitative estimate of drug-likeness (QED) is 0.463. The molecule has 0 rings (SSSR count). The molecule has 0 bridgehead atoms. The van der Waals surface area contributed by atoms with Crippen LogP contribution in [0.4, 0.5) is 0 Å². The summed E-state index contributed by atoms with van der Waals surface area (Å²) in [5.74, 6) is -0.597. The number of carbonyl (C=O) groups excluding carboxylic acids is 1. The summed E-state index contributed by atoms with van der Waals surface area (Å²) >= 11 is 0. The maximum Gasteiger partial charge on any atom is 0.338 e. The van der Waals surface area contributed by atoms with Crippen molar-refractivity contribution in [3.05, 3.63) is 12.2 Å². The number of hydrogen-bond acceptors (Lipinski definition) is 3. The predicted octanol–water partition coefficient (Wildman–Crippen LogP) is 0.486. The summed E-state index contributed by atoms with van der Waals surface area (Å²) < 4.78 is 4.52. The van der Waals surface area contributed by atoms with Crippen LogP contribution in [0.5, 0.6) is 0 Å². The lowest BCUT2D eigenvalue weighted by atomic mass is 10.3.